The van der Waals surface area contributed by atoms with E-state index in [0.29, 0.717) is 0 Å². The van der Waals surface area contributed by atoms with Crippen LogP contribution in [0.2, 0.25) is 0 Å². The molecule has 0 saturated heterocycles. The predicted molar refractivity (Wildman–Crippen MR) is 88.6 cm³/mol. The molecule has 8 heteroatoms. The van der Waals surface area contributed by atoms with E-state index in [4.69, 9.17) is 8.92 Å². The van der Waals surface area contributed by atoms with Gasteiger partial charge in [-0.25, -0.2) is 0 Å². The van der Waals surface area contributed by atoms with Crippen molar-refractivity contribution >= 4 is 21.9 Å². The molecular formula is C16H15NO6S. The van der Waals surface area contributed by atoms with Crippen LogP contribution in [-0.2, 0) is 10.1 Å². The number of benzene rings is 2. The van der Waals surface area contributed by atoms with Crippen LogP contribution in [-0.4, -0.2) is 20.5 Å². The molecule has 24 heavy (non-hydrogen) atoms. The molecule has 0 aliphatic heterocycles. The Labute approximate surface area is 139 Å². The zero-order valence-electron chi connectivity index (χ0n) is 13.0. The molecule has 0 aliphatic carbocycles. The summed E-state index contributed by atoms with van der Waals surface area (Å²) >= 11 is 0. The van der Waals surface area contributed by atoms with Crippen LogP contribution in [0.1, 0.15) is 12.5 Å². The molecular weight excluding hydrogens is 334 g/mol. The molecule has 0 aromatic heterocycles. The van der Waals surface area contributed by atoms with Crippen molar-refractivity contribution in [3.63, 3.8) is 0 Å². The fourth-order valence-electron chi connectivity index (χ4n) is 2.03. The van der Waals surface area contributed by atoms with Gasteiger partial charge in [-0.3, -0.25) is 10.1 Å². The van der Waals surface area contributed by atoms with E-state index in [-0.39, 0.29) is 11.5 Å². The highest BCUT2D eigenvalue weighted by Crippen LogP contribution is 2.33. The minimum atomic E-state index is -4.39. The molecule has 0 fully saturated rings. The van der Waals surface area contributed by atoms with E-state index in [1.807, 2.05) is 19.1 Å². The highest BCUT2D eigenvalue weighted by Gasteiger charge is 2.28. The fraction of sp³-hybridized carbons (Fsp3) is 0.125. The second-order valence-electron chi connectivity index (χ2n) is 4.67. The predicted octanol–water partition coefficient (Wildman–Crippen LogP) is 3.40. The van der Waals surface area contributed by atoms with Crippen LogP contribution in [0.25, 0.3) is 6.08 Å². The lowest BCUT2D eigenvalue weighted by atomic mass is 10.2. The van der Waals surface area contributed by atoms with Crippen LogP contribution in [0.3, 0.4) is 0 Å². The Bertz CT molecular complexity index is 889. The lowest BCUT2D eigenvalue weighted by Crippen LogP contribution is -2.12. The number of methoxy groups -OCH3 is 1. The molecule has 126 valence electrons. The Morgan fingerprint density at radius 3 is 2.46 bits per heavy atom. The summed E-state index contributed by atoms with van der Waals surface area (Å²) in [6.45, 7) is 1.84. The van der Waals surface area contributed by atoms with E-state index < -0.39 is 25.6 Å². The maximum atomic E-state index is 12.4. The first-order valence-electron chi connectivity index (χ1n) is 6.87. The molecule has 0 radical (unpaired) electrons. The Hall–Kier alpha value is -2.87. The van der Waals surface area contributed by atoms with Crippen LogP contribution in [0, 0.1) is 10.1 Å². The molecule has 0 unspecified atom stereocenters. The third-order valence-electron chi connectivity index (χ3n) is 3.08. The zero-order valence-corrected chi connectivity index (χ0v) is 13.8. The molecule has 2 aromatic rings. The van der Waals surface area contributed by atoms with Crippen molar-refractivity contribution in [1.82, 2.24) is 0 Å². The second kappa shape index (κ2) is 7.14. The quantitative estimate of drug-likeness (QED) is 0.450. The summed E-state index contributed by atoms with van der Waals surface area (Å²) in [6.07, 6.45) is 3.63. The number of para-hydroxylation sites is 1. The number of rotatable bonds is 6. The van der Waals surface area contributed by atoms with Gasteiger partial charge in [0.2, 0.25) is 0 Å². The SMILES string of the molecule is C/C=C/c1ccc(OS(=O)(=O)c2ccccc2[N+](=O)[O-])c(OC)c1. The Morgan fingerprint density at radius 1 is 1.12 bits per heavy atom. The number of allylic oxidation sites excluding steroid dienone is 1. The second-order valence-corrected chi connectivity index (χ2v) is 6.19. The van der Waals surface area contributed by atoms with Crippen molar-refractivity contribution in [2.45, 2.75) is 11.8 Å². The molecule has 0 atom stereocenters. The monoisotopic (exact) mass is 349 g/mol. The van der Waals surface area contributed by atoms with Crippen LogP contribution in [0.5, 0.6) is 11.5 Å². The van der Waals surface area contributed by atoms with Crippen LogP contribution < -0.4 is 8.92 Å². The summed E-state index contributed by atoms with van der Waals surface area (Å²) in [4.78, 5) is 9.72. The first-order chi connectivity index (χ1) is 11.4. The summed E-state index contributed by atoms with van der Waals surface area (Å²) < 4.78 is 35.0. The van der Waals surface area contributed by atoms with E-state index >= 15 is 0 Å². The minimum Gasteiger partial charge on any atom is -0.493 e. The van der Waals surface area contributed by atoms with Crippen molar-refractivity contribution in [1.29, 1.82) is 0 Å². The van der Waals surface area contributed by atoms with Crippen LogP contribution in [0.15, 0.2) is 53.4 Å². The Balaban J connectivity index is 2.45. The highest BCUT2D eigenvalue weighted by molar-refractivity contribution is 7.87. The topological polar surface area (TPSA) is 95.7 Å². The van der Waals surface area contributed by atoms with Gasteiger partial charge in [-0.15, -0.1) is 0 Å². The van der Waals surface area contributed by atoms with E-state index in [9.17, 15) is 18.5 Å². The fourth-order valence-corrected chi connectivity index (χ4v) is 3.14. The van der Waals surface area contributed by atoms with E-state index in [1.165, 1.54) is 25.3 Å². The van der Waals surface area contributed by atoms with Gasteiger partial charge in [-0.1, -0.05) is 30.4 Å². The molecule has 2 rings (SSSR count). The molecule has 0 bridgehead atoms. The first kappa shape index (κ1) is 17.5. The van der Waals surface area contributed by atoms with Gasteiger partial charge in [0.05, 0.1) is 12.0 Å². The van der Waals surface area contributed by atoms with Crippen LogP contribution >= 0.6 is 0 Å². The third-order valence-corrected chi connectivity index (χ3v) is 4.36. The van der Waals surface area contributed by atoms with Gasteiger partial charge in [0.1, 0.15) is 0 Å². The van der Waals surface area contributed by atoms with Crippen molar-refractivity contribution in [3.8, 4) is 11.5 Å². The summed E-state index contributed by atoms with van der Waals surface area (Å²) in [6, 6.07) is 9.66. The van der Waals surface area contributed by atoms with Gasteiger partial charge in [0.25, 0.3) is 5.69 Å². The average molecular weight is 349 g/mol. The number of ether oxygens (including phenoxy) is 1. The summed E-state index contributed by atoms with van der Waals surface area (Å²) in [7, 11) is -3.01. The van der Waals surface area contributed by atoms with Gasteiger partial charge in [-0.2, -0.15) is 8.42 Å². The smallest absolute Gasteiger partial charge is 0.346 e. The Morgan fingerprint density at radius 2 is 1.83 bits per heavy atom. The number of nitrogens with zero attached hydrogens (tertiary/aromatic N) is 1. The number of hydrogen-bond acceptors (Lipinski definition) is 6. The average Bonchev–Trinajstić information content (AvgIpc) is 2.56. The normalized spacial score (nSPS) is 11.4. The first-order valence-corrected chi connectivity index (χ1v) is 8.28. The third kappa shape index (κ3) is 3.72. The van der Waals surface area contributed by atoms with E-state index in [1.54, 1.807) is 12.1 Å². The molecule has 2 aromatic carbocycles. The molecule has 7 nitrogen and oxygen atoms in total. The minimum absolute atomic E-state index is 0.0519. The lowest BCUT2D eigenvalue weighted by Gasteiger charge is -2.11. The number of nitro groups is 1. The van der Waals surface area contributed by atoms with Crippen molar-refractivity contribution < 1.29 is 22.3 Å². The maximum Gasteiger partial charge on any atom is 0.346 e. The standard InChI is InChI=1S/C16H15NO6S/c1-3-6-12-9-10-14(15(11-12)22-2)23-24(20,21)16-8-5-4-7-13(16)17(18)19/h3-11H,1-2H3/b6-3+. The Kier molecular flexibility index (Phi) is 5.20. The molecule has 0 amide bonds. The van der Waals surface area contributed by atoms with Gasteiger partial charge < -0.3 is 8.92 Å². The molecule has 0 saturated carbocycles. The summed E-state index contributed by atoms with van der Waals surface area (Å²) in [5.41, 5.74) is 0.242. The van der Waals surface area contributed by atoms with Gasteiger partial charge >= 0.3 is 10.1 Å². The molecule has 0 spiro atoms. The number of hydrogen-bond donors (Lipinski definition) is 0. The highest BCUT2D eigenvalue weighted by atomic mass is 32.2. The summed E-state index contributed by atoms with van der Waals surface area (Å²) in [5.74, 6) is 0.150. The van der Waals surface area contributed by atoms with Crippen molar-refractivity contribution in [3.05, 3.63) is 64.2 Å². The van der Waals surface area contributed by atoms with Crippen molar-refractivity contribution in [2.24, 2.45) is 0 Å². The van der Waals surface area contributed by atoms with Gasteiger partial charge in [-0.05, 0) is 30.7 Å². The number of nitro benzene ring substituents is 1. The maximum absolute atomic E-state index is 12.4. The largest absolute Gasteiger partial charge is 0.493 e. The molecule has 0 N–H and O–H groups in total. The van der Waals surface area contributed by atoms with Crippen molar-refractivity contribution in [2.75, 3.05) is 7.11 Å². The van der Waals surface area contributed by atoms with E-state index in [2.05, 4.69) is 0 Å². The summed E-state index contributed by atoms with van der Waals surface area (Å²) in [5, 5.41) is 11.0. The van der Waals surface area contributed by atoms with Gasteiger partial charge in [0, 0.05) is 6.07 Å². The molecule has 0 aliphatic rings. The van der Waals surface area contributed by atoms with E-state index in [0.717, 1.165) is 17.7 Å². The lowest BCUT2D eigenvalue weighted by molar-refractivity contribution is -0.387. The van der Waals surface area contributed by atoms with Gasteiger partial charge in [0.15, 0.2) is 16.4 Å². The molecule has 0 heterocycles. The van der Waals surface area contributed by atoms with Crippen LogP contribution in [0.4, 0.5) is 5.69 Å². The zero-order chi connectivity index (χ0) is 17.7.